The lowest BCUT2D eigenvalue weighted by Crippen LogP contribution is -2.20. The number of hydrogen-bond donors (Lipinski definition) is 1. The molecule has 2 aromatic heterocycles. The summed E-state index contributed by atoms with van der Waals surface area (Å²) in [7, 11) is 1.56. The number of carbonyl (C=O) groups excluding carboxylic acids is 1. The summed E-state index contributed by atoms with van der Waals surface area (Å²) in [4.78, 5) is 16.9. The zero-order valence-electron chi connectivity index (χ0n) is 13.0. The molecule has 1 amide bonds. The van der Waals surface area contributed by atoms with E-state index in [0.29, 0.717) is 17.4 Å². The smallest absolute Gasteiger partial charge is 0.244 e. The van der Waals surface area contributed by atoms with Crippen LogP contribution in [0.15, 0.2) is 48.7 Å². The molecular formula is C18H15ClN2O2S. The SMILES string of the molecule is COc1ccc(CNC(=O)/C=C/c2sc3ccccc3c2Cl)cn1. The number of nitrogens with one attached hydrogen (secondary N) is 1. The molecule has 0 saturated carbocycles. The highest BCUT2D eigenvalue weighted by molar-refractivity contribution is 7.20. The third kappa shape index (κ3) is 3.75. The van der Waals surface area contributed by atoms with E-state index < -0.39 is 0 Å². The summed E-state index contributed by atoms with van der Waals surface area (Å²) in [5, 5.41) is 4.50. The highest BCUT2D eigenvalue weighted by atomic mass is 35.5. The number of rotatable bonds is 5. The molecular weight excluding hydrogens is 344 g/mol. The largest absolute Gasteiger partial charge is 0.481 e. The van der Waals surface area contributed by atoms with E-state index in [4.69, 9.17) is 16.3 Å². The van der Waals surface area contributed by atoms with E-state index in [1.54, 1.807) is 36.8 Å². The molecule has 0 aliphatic rings. The van der Waals surface area contributed by atoms with Gasteiger partial charge in [-0.2, -0.15) is 0 Å². The number of thiophene rings is 1. The average Bonchev–Trinajstić information content (AvgIpc) is 2.95. The number of ether oxygens (including phenoxy) is 1. The van der Waals surface area contributed by atoms with E-state index in [2.05, 4.69) is 10.3 Å². The molecule has 0 fully saturated rings. The van der Waals surface area contributed by atoms with Gasteiger partial charge in [0.15, 0.2) is 0 Å². The Balaban J connectivity index is 1.62. The molecule has 24 heavy (non-hydrogen) atoms. The van der Waals surface area contributed by atoms with Crippen LogP contribution in [0.1, 0.15) is 10.4 Å². The van der Waals surface area contributed by atoms with Gasteiger partial charge in [0.1, 0.15) is 0 Å². The Bertz CT molecular complexity index is 888. The first-order chi connectivity index (χ1) is 11.7. The molecule has 0 bridgehead atoms. The number of hydrogen-bond acceptors (Lipinski definition) is 4. The number of fused-ring (bicyclic) bond motifs is 1. The molecule has 0 aliphatic carbocycles. The minimum atomic E-state index is -0.181. The third-order valence-electron chi connectivity index (χ3n) is 3.42. The Hall–Kier alpha value is -2.37. The van der Waals surface area contributed by atoms with Gasteiger partial charge >= 0.3 is 0 Å². The van der Waals surface area contributed by atoms with Gasteiger partial charge in [0.05, 0.1) is 12.1 Å². The minimum absolute atomic E-state index is 0.181. The molecule has 0 saturated heterocycles. The molecule has 0 aliphatic heterocycles. The second kappa shape index (κ2) is 7.47. The Morgan fingerprint density at radius 1 is 1.33 bits per heavy atom. The second-order valence-electron chi connectivity index (χ2n) is 5.04. The van der Waals surface area contributed by atoms with E-state index in [-0.39, 0.29) is 5.91 Å². The van der Waals surface area contributed by atoms with Crippen LogP contribution in [0.3, 0.4) is 0 Å². The van der Waals surface area contributed by atoms with E-state index >= 15 is 0 Å². The summed E-state index contributed by atoms with van der Waals surface area (Å²) in [5.74, 6) is 0.365. The fourth-order valence-electron chi connectivity index (χ4n) is 2.18. The van der Waals surface area contributed by atoms with Crippen LogP contribution >= 0.6 is 22.9 Å². The number of amides is 1. The lowest BCUT2D eigenvalue weighted by molar-refractivity contribution is -0.116. The Morgan fingerprint density at radius 2 is 2.17 bits per heavy atom. The van der Waals surface area contributed by atoms with Crippen molar-refractivity contribution < 1.29 is 9.53 Å². The predicted molar refractivity (Wildman–Crippen MR) is 98.5 cm³/mol. The molecule has 1 N–H and O–H groups in total. The second-order valence-corrected chi connectivity index (χ2v) is 6.50. The van der Waals surface area contributed by atoms with Crippen LogP contribution in [0.4, 0.5) is 0 Å². The average molecular weight is 359 g/mol. The zero-order valence-corrected chi connectivity index (χ0v) is 14.5. The summed E-state index contributed by atoms with van der Waals surface area (Å²) in [6.45, 7) is 0.403. The number of pyridine rings is 1. The summed E-state index contributed by atoms with van der Waals surface area (Å²) >= 11 is 7.91. The van der Waals surface area contributed by atoms with E-state index in [0.717, 1.165) is 20.5 Å². The normalized spacial score (nSPS) is 11.1. The van der Waals surface area contributed by atoms with Crippen LogP contribution in [0.25, 0.3) is 16.2 Å². The fraction of sp³-hybridized carbons (Fsp3) is 0.111. The van der Waals surface area contributed by atoms with Crippen molar-refractivity contribution >= 4 is 45.0 Å². The van der Waals surface area contributed by atoms with Gasteiger partial charge in [-0.3, -0.25) is 4.79 Å². The maximum atomic E-state index is 12.0. The third-order valence-corrected chi connectivity index (χ3v) is 5.07. The topological polar surface area (TPSA) is 51.2 Å². The lowest BCUT2D eigenvalue weighted by Gasteiger charge is -2.03. The first-order valence-corrected chi connectivity index (χ1v) is 8.48. The highest BCUT2D eigenvalue weighted by Crippen LogP contribution is 2.35. The first-order valence-electron chi connectivity index (χ1n) is 7.29. The van der Waals surface area contributed by atoms with Crippen molar-refractivity contribution in [2.75, 3.05) is 7.11 Å². The number of aromatic nitrogens is 1. The Kier molecular flexibility index (Phi) is 5.13. The molecule has 0 unspecified atom stereocenters. The van der Waals surface area contributed by atoms with Gasteiger partial charge in [0.2, 0.25) is 11.8 Å². The van der Waals surface area contributed by atoms with Crippen LogP contribution in [0.2, 0.25) is 5.02 Å². The van der Waals surface area contributed by atoms with E-state index in [9.17, 15) is 4.79 Å². The summed E-state index contributed by atoms with van der Waals surface area (Å²) in [5.41, 5.74) is 0.900. The summed E-state index contributed by atoms with van der Waals surface area (Å²) in [6.07, 6.45) is 4.91. The van der Waals surface area contributed by atoms with Crippen molar-refractivity contribution in [2.24, 2.45) is 0 Å². The predicted octanol–water partition coefficient (Wildman–Crippen LogP) is 4.29. The van der Waals surface area contributed by atoms with Crippen LogP contribution in [0, 0.1) is 0 Å². The molecule has 3 aromatic rings. The van der Waals surface area contributed by atoms with E-state index in [1.807, 2.05) is 30.3 Å². The molecule has 6 heteroatoms. The molecule has 1 aromatic carbocycles. The van der Waals surface area contributed by atoms with Crippen LogP contribution in [-0.2, 0) is 11.3 Å². The van der Waals surface area contributed by atoms with Crippen molar-refractivity contribution in [3.63, 3.8) is 0 Å². The number of methoxy groups -OCH3 is 1. The molecule has 122 valence electrons. The minimum Gasteiger partial charge on any atom is -0.481 e. The van der Waals surface area contributed by atoms with Gasteiger partial charge in [0.25, 0.3) is 0 Å². The van der Waals surface area contributed by atoms with Crippen LogP contribution in [0.5, 0.6) is 5.88 Å². The zero-order chi connectivity index (χ0) is 16.9. The van der Waals surface area contributed by atoms with Gasteiger partial charge in [-0.15, -0.1) is 11.3 Å². The summed E-state index contributed by atoms with van der Waals surface area (Å²) in [6, 6.07) is 11.5. The molecule has 0 atom stereocenters. The van der Waals surface area contributed by atoms with Crippen molar-refractivity contribution in [2.45, 2.75) is 6.54 Å². The lowest BCUT2D eigenvalue weighted by atomic mass is 10.2. The van der Waals surface area contributed by atoms with Crippen LogP contribution in [-0.4, -0.2) is 18.0 Å². The Labute approximate surface area is 148 Å². The quantitative estimate of drug-likeness (QED) is 0.692. The van der Waals surface area contributed by atoms with Gasteiger partial charge in [-0.25, -0.2) is 4.98 Å². The molecule has 0 spiro atoms. The van der Waals surface area contributed by atoms with Crippen molar-refractivity contribution in [3.05, 3.63) is 64.1 Å². The first kappa shape index (κ1) is 16.5. The number of carbonyl (C=O) groups is 1. The molecule has 4 nitrogen and oxygen atoms in total. The van der Waals surface area contributed by atoms with Gasteiger partial charge < -0.3 is 10.1 Å². The van der Waals surface area contributed by atoms with E-state index in [1.165, 1.54) is 6.08 Å². The molecule has 0 radical (unpaired) electrons. The van der Waals surface area contributed by atoms with Crippen LogP contribution < -0.4 is 10.1 Å². The number of nitrogens with zero attached hydrogens (tertiary/aromatic N) is 1. The summed E-state index contributed by atoms with van der Waals surface area (Å²) < 4.78 is 6.10. The van der Waals surface area contributed by atoms with Crippen molar-refractivity contribution in [3.8, 4) is 5.88 Å². The fourth-order valence-corrected chi connectivity index (χ4v) is 3.57. The van der Waals surface area contributed by atoms with Crippen molar-refractivity contribution in [1.82, 2.24) is 10.3 Å². The number of benzene rings is 1. The maximum Gasteiger partial charge on any atom is 0.244 e. The Morgan fingerprint density at radius 3 is 2.88 bits per heavy atom. The van der Waals surface area contributed by atoms with Gasteiger partial charge in [-0.05, 0) is 17.7 Å². The molecule has 3 rings (SSSR count). The standard InChI is InChI=1S/C18H15ClN2O2S/c1-23-17-9-6-12(11-21-17)10-20-16(22)8-7-15-18(19)13-4-2-3-5-14(13)24-15/h2-9,11H,10H2,1H3,(H,20,22)/b8-7+. The molecule has 2 heterocycles. The maximum absolute atomic E-state index is 12.0. The van der Waals surface area contributed by atoms with Crippen molar-refractivity contribution in [1.29, 1.82) is 0 Å². The highest BCUT2D eigenvalue weighted by Gasteiger charge is 2.07. The van der Waals surface area contributed by atoms with Gasteiger partial charge in [0, 0.05) is 39.8 Å². The number of halogens is 1. The van der Waals surface area contributed by atoms with Gasteiger partial charge in [-0.1, -0.05) is 35.9 Å². The monoisotopic (exact) mass is 358 g/mol.